The van der Waals surface area contributed by atoms with Crippen molar-refractivity contribution >= 4 is 31.7 Å². The van der Waals surface area contributed by atoms with Gasteiger partial charge in [-0.3, -0.25) is 4.79 Å². The van der Waals surface area contributed by atoms with E-state index in [0.29, 0.717) is 5.56 Å². The van der Waals surface area contributed by atoms with E-state index in [0.717, 1.165) is 4.47 Å². The minimum Gasteiger partial charge on any atom is -0.352 e. The van der Waals surface area contributed by atoms with Gasteiger partial charge in [0.15, 0.2) is 9.84 Å². The summed E-state index contributed by atoms with van der Waals surface area (Å²) >= 11 is 3.27. The van der Waals surface area contributed by atoms with Gasteiger partial charge in [0, 0.05) is 11.0 Å². The Bertz CT molecular complexity index is 523. The quantitative estimate of drug-likeness (QED) is 0.806. The molecule has 0 aliphatic heterocycles. The average molecular weight is 332 g/mol. The molecule has 0 radical (unpaired) electrons. The number of hydrogen-bond acceptors (Lipinski definition) is 3. The maximum absolute atomic E-state index is 11.8. The molecule has 0 spiro atoms. The monoisotopic (exact) mass is 331 g/mol. The number of rotatable bonds is 6. The second-order valence-electron chi connectivity index (χ2n) is 3.75. The van der Waals surface area contributed by atoms with E-state index in [9.17, 15) is 13.2 Å². The fraction of sp³-hybridized carbons (Fsp3) is 0.250. The molecule has 1 N–H and O–H groups in total. The van der Waals surface area contributed by atoms with E-state index < -0.39 is 21.5 Å². The molecule has 0 saturated heterocycles. The van der Waals surface area contributed by atoms with Crippen molar-refractivity contribution in [1.29, 1.82) is 0 Å². The number of hydrogen-bond donors (Lipinski definition) is 1. The smallest absolute Gasteiger partial charge is 0.235 e. The first-order valence-corrected chi connectivity index (χ1v) is 7.87. The van der Waals surface area contributed by atoms with Crippen LogP contribution in [0, 0.1) is 0 Å². The Labute approximate surface area is 115 Å². The summed E-state index contributed by atoms with van der Waals surface area (Å²) in [6, 6.07) is 6.96. The van der Waals surface area contributed by atoms with Crippen molar-refractivity contribution in [2.75, 3.05) is 12.3 Å². The van der Waals surface area contributed by atoms with Crippen molar-refractivity contribution in [1.82, 2.24) is 5.32 Å². The van der Waals surface area contributed by atoms with Gasteiger partial charge < -0.3 is 5.32 Å². The summed E-state index contributed by atoms with van der Waals surface area (Å²) in [5.41, 5.74) is 0.662. The SMILES string of the molecule is C=CCNC(=O)CS(=O)(=O)Cc1ccc(Br)cc1. The Kier molecular flexibility index (Phi) is 5.55. The van der Waals surface area contributed by atoms with Crippen LogP contribution in [0.2, 0.25) is 0 Å². The van der Waals surface area contributed by atoms with Crippen LogP contribution in [0.25, 0.3) is 0 Å². The summed E-state index contributed by atoms with van der Waals surface area (Å²) in [5.74, 6) is -1.15. The van der Waals surface area contributed by atoms with Gasteiger partial charge in [0.1, 0.15) is 5.75 Å². The molecule has 0 aliphatic rings. The third kappa shape index (κ3) is 5.46. The largest absolute Gasteiger partial charge is 0.352 e. The van der Waals surface area contributed by atoms with Crippen LogP contribution in [-0.4, -0.2) is 26.6 Å². The van der Waals surface area contributed by atoms with Gasteiger partial charge in [-0.05, 0) is 17.7 Å². The maximum Gasteiger partial charge on any atom is 0.235 e. The van der Waals surface area contributed by atoms with Gasteiger partial charge in [-0.15, -0.1) is 6.58 Å². The predicted molar refractivity (Wildman–Crippen MR) is 74.8 cm³/mol. The summed E-state index contributed by atoms with van der Waals surface area (Å²) in [6.07, 6.45) is 1.50. The number of carbonyl (C=O) groups excluding carboxylic acids is 1. The molecule has 0 heterocycles. The molecule has 0 fully saturated rings. The summed E-state index contributed by atoms with van der Waals surface area (Å²) < 4.78 is 24.4. The zero-order chi connectivity index (χ0) is 13.6. The van der Waals surface area contributed by atoms with Crippen LogP contribution in [0.4, 0.5) is 0 Å². The van der Waals surface area contributed by atoms with E-state index in [1.165, 1.54) is 6.08 Å². The molecule has 0 bridgehead atoms. The van der Waals surface area contributed by atoms with Gasteiger partial charge in [-0.1, -0.05) is 34.1 Å². The summed E-state index contributed by atoms with van der Waals surface area (Å²) in [7, 11) is -3.44. The number of nitrogens with one attached hydrogen (secondary N) is 1. The van der Waals surface area contributed by atoms with Crippen LogP contribution in [0.3, 0.4) is 0 Å². The number of amides is 1. The van der Waals surface area contributed by atoms with Crippen LogP contribution in [0.15, 0.2) is 41.4 Å². The Morgan fingerprint density at radius 3 is 2.50 bits per heavy atom. The van der Waals surface area contributed by atoms with Crippen molar-refractivity contribution < 1.29 is 13.2 Å². The van der Waals surface area contributed by atoms with E-state index in [2.05, 4.69) is 27.8 Å². The second kappa shape index (κ2) is 6.70. The molecule has 0 aromatic heterocycles. The van der Waals surface area contributed by atoms with Gasteiger partial charge >= 0.3 is 0 Å². The molecular formula is C12H14BrNO3S. The lowest BCUT2D eigenvalue weighted by atomic mass is 10.2. The van der Waals surface area contributed by atoms with Crippen LogP contribution < -0.4 is 5.32 Å². The zero-order valence-electron chi connectivity index (χ0n) is 9.73. The second-order valence-corrected chi connectivity index (χ2v) is 6.73. The van der Waals surface area contributed by atoms with Crippen molar-refractivity contribution in [2.24, 2.45) is 0 Å². The van der Waals surface area contributed by atoms with E-state index in [1.807, 2.05) is 0 Å². The molecule has 4 nitrogen and oxygen atoms in total. The molecule has 0 unspecified atom stereocenters. The third-order valence-corrected chi connectivity index (χ3v) is 4.10. The standard InChI is InChI=1S/C12H14BrNO3S/c1-2-7-14-12(15)9-18(16,17)8-10-3-5-11(13)6-4-10/h2-6H,1,7-9H2,(H,14,15). The maximum atomic E-state index is 11.8. The van der Waals surface area contributed by atoms with Crippen LogP contribution in [0.5, 0.6) is 0 Å². The van der Waals surface area contributed by atoms with Crippen LogP contribution >= 0.6 is 15.9 Å². The normalized spacial score (nSPS) is 10.9. The minimum absolute atomic E-state index is 0.137. The highest BCUT2D eigenvalue weighted by molar-refractivity contribution is 9.10. The van der Waals surface area contributed by atoms with E-state index in [1.54, 1.807) is 24.3 Å². The molecule has 0 atom stereocenters. The molecule has 1 amide bonds. The summed E-state index contributed by atoms with van der Waals surface area (Å²) in [6.45, 7) is 3.71. The summed E-state index contributed by atoms with van der Waals surface area (Å²) in [4.78, 5) is 11.3. The molecule has 0 saturated carbocycles. The number of sulfone groups is 1. The van der Waals surface area contributed by atoms with Crippen molar-refractivity contribution in [3.8, 4) is 0 Å². The lowest BCUT2D eigenvalue weighted by molar-refractivity contribution is -0.118. The van der Waals surface area contributed by atoms with Gasteiger partial charge in [-0.2, -0.15) is 0 Å². The third-order valence-electron chi connectivity index (χ3n) is 2.09. The van der Waals surface area contributed by atoms with Crippen molar-refractivity contribution in [2.45, 2.75) is 5.75 Å². The van der Waals surface area contributed by atoms with Gasteiger partial charge in [0.25, 0.3) is 0 Å². The molecule has 98 valence electrons. The highest BCUT2D eigenvalue weighted by Crippen LogP contribution is 2.13. The summed E-state index contributed by atoms with van der Waals surface area (Å²) in [5, 5.41) is 2.44. The van der Waals surface area contributed by atoms with E-state index in [4.69, 9.17) is 0 Å². The zero-order valence-corrected chi connectivity index (χ0v) is 12.1. The molecule has 1 aromatic carbocycles. The van der Waals surface area contributed by atoms with Gasteiger partial charge in [-0.25, -0.2) is 8.42 Å². The highest BCUT2D eigenvalue weighted by atomic mass is 79.9. The Morgan fingerprint density at radius 2 is 1.94 bits per heavy atom. The van der Waals surface area contributed by atoms with Crippen molar-refractivity contribution in [3.05, 3.63) is 47.0 Å². The fourth-order valence-corrected chi connectivity index (χ4v) is 2.89. The highest BCUT2D eigenvalue weighted by Gasteiger charge is 2.16. The first-order valence-electron chi connectivity index (χ1n) is 5.25. The predicted octanol–water partition coefficient (Wildman–Crippen LogP) is 1.67. The van der Waals surface area contributed by atoms with Crippen LogP contribution in [0.1, 0.15) is 5.56 Å². The number of carbonyl (C=O) groups is 1. The van der Waals surface area contributed by atoms with Gasteiger partial charge in [0.2, 0.25) is 5.91 Å². The van der Waals surface area contributed by atoms with Crippen LogP contribution in [-0.2, 0) is 20.4 Å². The van der Waals surface area contributed by atoms with Crippen molar-refractivity contribution in [3.63, 3.8) is 0 Å². The Morgan fingerprint density at radius 1 is 1.33 bits per heavy atom. The molecular weight excluding hydrogens is 318 g/mol. The molecule has 0 aliphatic carbocycles. The number of halogens is 1. The van der Waals surface area contributed by atoms with Gasteiger partial charge in [0.05, 0.1) is 5.75 Å². The lowest BCUT2D eigenvalue weighted by Crippen LogP contribution is -2.30. The topological polar surface area (TPSA) is 63.2 Å². The molecule has 1 aromatic rings. The fourth-order valence-electron chi connectivity index (χ4n) is 1.32. The number of benzene rings is 1. The first kappa shape index (κ1) is 14.9. The van der Waals surface area contributed by atoms with E-state index in [-0.39, 0.29) is 12.3 Å². The molecule has 1 rings (SSSR count). The molecule has 6 heteroatoms. The Balaban J connectivity index is 2.62. The minimum atomic E-state index is -3.44. The first-order chi connectivity index (χ1) is 8.43. The lowest BCUT2D eigenvalue weighted by Gasteiger charge is -2.05. The average Bonchev–Trinajstić information content (AvgIpc) is 2.28. The molecule has 18 heavy (non-hydrogen) atoms. The Hall–Kier alpha value is -1.14. The van der Waals surface area contributed by atoms with E-state index >= 15 is 0 Å².